The van der Waals surface area contributed by atoms with Gasteiger partial charge in [-0.05, 0) is 6.42 Å². The van der Waals surface area contributed by atoms with Crippen molar-refractivity contribution in [1.29, 1.82) is 0 Å². The molecule has 1 fully saturated rings. The van der Waals surface area contributed by atoms with Crippen molar-refractivity contribution in [2.45, 2.75) is 24.0 Å². The minimum atomic E-state index is -4.14. The summed E-state index contributed by atoms with van der Waals surface area (Å²) in [4.78, 5) is 11.3. The largest absolute Gasteiger partial charge is 0.367 e. The van der Waals surface area contributed by atoms with Crippen LogP contribution in [0.25, 0.3) is 0 Å². The lowest BCUT2D eigenvalue weighted by atomic mass is 10.2. The van der Waals surface area contributed by atoms with Crippen molar-refractivity contribution in [2.75, 3.05) is 13.1 Å². The van der Waals surface area contributed by atoms with Gasteiger partial charge in [0.1, 0.15) is 5.25 Å². The van der Waals surface area contributed by atoms with Gasteiger partial charge in [-0.15, -0.1) is 0 Å². The lowest BCUT2D eigenvalue weighted by Gasteiger charge is -2.11. The van der Waals surface area contributed by atoms with Crippen LogP contribution in [0.5, 0.6) is 0 Å². The Morgan fingerprint density at radius 1 is 1.50 bits per heavy atom. The van der Waals surface area contributed by atoms with Crippen LogP contribution in [0.15, 0.2) is 0 Å². The number of amides is 1. The molecule has 0 aliphatic carbocycles. The first-order chi connectivity index (χ1) is 7.30. The van der Waals surface area contributed by atoms with Crippen molar-refractivity contribution < 1.29 is 28.0 Å². The molecule has 1 amide bonds. The van der Waals surface area contributed by atoms with E-state index in [1.807, 2.05) is 0 Å². The molecule has 0 aromatic heterocycles. The van der Waals surface area contributed by atoms with Crippen LogP contribution in [0.2, 0.25) is 0 Å². The lowest BCUT2D eigenvalue weighted by Crippen LogP contribution is -2.43. The summed E-state index contributed by atoms with van der Waals surface area (Å²) >= 11 is 0. The van der Waals surface area contributed by atoms with E-state index in [-0.39, 0.29) is 19.5 Å². The van der Waals surface area contributed by atoms with Gasteiger partial charge >= 0.3 is 0 Å². The van der Waals surface area contributed by atoms with Gasteiger partial charge in [-0.25, -0.2) is 0 Å². The van der Waals surface area contributed by atoms with Crippen LogP contribution in [0, 0.1) is 0 Å². The molecule has 0 spiro atoms. The maximum Gasteiger partial charge on any atom is 0.269 e. The zero-order chi connectivity index (χ0) is 12.3. The Bertz CT molecular complexity index is 354. The van der Waals surface area contributed by atoms with Crippen LogP contribution in [-0.2, 0) is 14.9 Å². The van der Waals surface area contributed by atoms with Gasteiger partial charge in [0.05, 0.1) is 12.6 Å². The van der Waals surface area contributed by atoms with E-state index in [4.69, 9.17) is 14.8 Å². The molecular weight excluding hydrogens is 240 g/mol. The number of carbonyl (C=O) groups is 1. The minimum Gasteiger partial charge on any atom is -0.367 e. The van der Waals surface area contributed by atoms with Gasteiger partial charge in [0.15, 0.2) is 6.29 Å². The molecule has 16 heavy (non-hydrogen) atoms. The van der Waals surface area contributed by atoms with Gasteiger partial charge in [-0.1, -0.05) is 0 Å². The number of aliphatic hydroxyl groups is 2. The second-order valence-corrected chi connectivity index (χ2v) is 5.26. The molecule has 8 nitrogen and oxygen atoms in total. The summed E-state index contributed by atoms with van der Waals surface area (Å²) in [5.41, 5.74) is 0. The fraction of sp³-hybridized carbons (Fsp3) is 0.857. The quantitative estimate of drug-likeness (QED) is 0.267. The zero-order valence-corrected chi connectivity index (χ0v) is 9.14. The average molecular weight is 254 g/mol. The van der Waals surface area contributed by atoms with Crippen LogP contribution in [0.1, 0.15) is 6.42 Å². The van der Waals surface area contributed by atoms with E-state index >= 15 is 0 Å². The molecule has 0 radical (unpaired) electrons. The highest BCUT2D eigenvalue weighted by Crippen LogP contribution is 2.13. The van der Waals surface area contributed by atoms with E-state index < -0.39 is 33.6 Å². The third-order valence-electron chi connectivity index (χ3n) is 2.29. The second kappa shape index (κ2) is 5.06. The number of nitrogens with one attached hydrogen (secondary N) is 2. The van der Waals surface area contributed by atoms with Gasteiger partial charge in [0, 0.05) is 6.54 Å². The van der Waals surface area contributed by atoms with E-state index in [1.165, 1.54) is 0 Å². The molecule has 0 saturated carbocycles. The van der Waals surface area contributed by atoms with Crippen LogP contribution in [0.4, 0.5) is 0 Å². The molecular formula is C7H14N2O6S. The van der Waals surface area contributed by atoms with Crippen molar-refractivity contribution in [3.05, 3.63) is 0 Å². The fourth-order valence-electron chi connectivity index (χ4n) is 1.44. The molecule has 1 rings (SSSR count). The van der Waals surface area contributed by atoms with Gasteiger partial charge in [-0.3, -0.25) is 9.35 Å². The molecule has 1 heterocycles. The molecule has 9 heteroatoms. The van der Waals surface area contributed by atoms with Crippen LogP contribution >= 0.6 is 0 Å². The fourth-order valence-corrected chi connectivity index (χ4v) is 2.19. The lowest BCUT2D eigenvalue weighted by molar-refractivity contribution is -0.125. The van der Waals surface area contributed by atoms with Gasteiger partial charge in [0.25, 0.3) is 10.1 Å². The number of carbonyl (C=O) groups excluding carboxylic acids is 1. The molecule has 0 aromatic carbocycles. The molecule has 94 valence electrons. The predicted molar refractivity (Wildman–Crippen MR) is 53.0 cm³/mol. The Hall–Kier alpha value is -0.740. The Morgan fingerprint density at radius 3 is 2.56 bits per heavy atom. The van der Waals surface area contributed by atoms with Gasteiger partial charge in [0.2, 0.25) is 5.91 Å². The molecule has 1 saturated heterocycles. The number of rotatable bonds is 4. The molecule has 5 N–H and O–H groups in total. The summed E-state index contributed by atoms with van der Waals surface area (Å²) in [6.07, 6.45) is -1.69. The van der Waals surface area contributed by atoms with Gasteiger partial charge in [-0.2, -0.15) is 8.42 Å². The SMILES string of the molecule is O=C(NCC(O)O)[C@@H]1C[C@H](S(=O)(=O)O)CN1. The maximum absolute atomic E-state index is 11.3. The normalized spacial score (nSPS) is 26.0. The van der Waals surface area contributed by atoms with E-state index in [0.717, 1.165) is 0 Å². The van der Waals surface area contributed by atoms with E-state index in [9.17, 15) is 13.2 Å². The van der Waals surface area contributed by atoms with E-state index in [0.29, 0.717) is 0 Å². The van der Waals surface area contributed by atoms with Gasteiger partial charge < -0.3 is 20.8 Å². The second-order valence-electron chi connectivity index (χ2n) is 3.56. The highest BCUT2D eigenvalue weighted by atomic mass is 32.2. The molecule has 0 unspecified atom stereocenters. The van der Waals surface area contributed by atoms with E-state index in [1.54, 1.807) is 0 Å². The van der Waals surface area contributed by atoms with Crippen LogP contribution in [-0.4, -0.2) is 59.8 Å². The summed E-state index contributed by atoms with van der Waals surface area (Å²) in [7, 11) is -4.14. The standard InChI is InChI=1S/C7H14N2O6S/c10-6(11)3-9-7(12)5-1-4(2-8-5)16(13,14)15/h4-6,8,10-11H,1-3H2,(H,9,12)(H,13,14,15)/t4-,5-/m0/s1. The van der Waals surface area contributed by atoms with Crippen LogP contribution < -0.4 is 10.6 Å². The molecule has 0 aromatic rings. The number of hydrogen-bond acceptors (Lipinski definition) is 6. The monoisotopic (exact) mass is 254 g/mol. The maximum atomic E-state index is 11.3. The Labute approximate surface area is 92.4 Å². The van der Waals surface area contributed by atoms with Crippen LogP contribution in [0.3, 0.4) is 0 Å². The summed E-state index contributed by atoms with van der Waals surface area (Å²) in [6, 6.07) is -0.745. The molecule has 1 aliphatic rings. The number of aliphatic hydroxyl groups excluding tert-OH is 1. The Kier molecular flexibility index (Phi) is 4.21. The molecule has 0 bridgehead atoms. The summed E-state index contributed by atoms with van der Waals surface area (Å²) in [5, 5.41) is 20.9. The summed E-state index contributed by atoms with van der Waals surface area (Å²) in [5.74, 6) is -0.528. The van der Waals surface area contributed by atoms with Crippen molar-refractivity contribution in [3.63, 3.8) is 0 Å². The Balaban J connectivity index is 2.44. The molecule has 2 atom stereocenters. The average Bonchev–Trinajstić information content (AvgIpc) is 2.61. The van der Waals surface area contributed by atoms with Crippen molar-refractivity contribution >= 4 is 16.0 Å². The summed E-state index contributed by atoms with van der Waals surface area (Å²) in [6.45, 7) is -0.327. The topological polar surface area (TPSA) is 136 Å². The first kappa shape index (κ1) is 13.3. The third-order valence-corrected chi connectivity index (χ3v) is 3.49. The zero-order valence-electron chi connectivity index (χ0n) is 8.33. The van der Waals surface area contributed by atoms with E-state index in [2.05, 4.69) is 10.6 Å². The minimum absolute atomic E-state index is 0.00139. The Morgan fingerprint density at radius 2 is 2.12 bits per heavy atom. The highest BCUT2D eigenvalue weighted by molar-refractivity contribution is 7.86. The van der Waals surface area contributed by atoms with Crippen molar-refractivity contribution in [3.8, 4) is 0 Å². The first-order valence-electron chi connectivity index (χ1n) is 4.64. The first-order valence-corrected chi connectivity index (χ1v) is 6.14. The molecule has 1 aliphatic heterocycles. The number of hydrogen-bond donors (Lipinski definition) is 5. The van der Waals surface area contributed by atoms with Crippen molar-refractivity contribution in [2.24, 2.45) is 0 Å². The third kappa shape index (κ3) is 3.68. The smallest absolute Gasteiger partial charge is 0.269 e. The van der Waals surface area contributed by atoms with Crippen molar-refractivity contribution in [1.82, 2.24) is 10.6 Å². The summed E-state index contributed by atoms with van der Waals surface area (Å²) < 4.78 is 30.3. The highest BCUT2D eigenvalue weighted by Gasteiger charge is 2.36. The predicted octanol–water partition coefficient (Wildman–Crippen LogP) is -2.97.